The van der Waals surface area contributed by atoms with Gasteiger partial charge in [0.2, 0.25) is 15.9 Å². The van der Waals surface area contributed by atoms with Gasteiger partial charge >= 0.3 is 6.03 Å². The monoisotopic (exact) mass is 478 g/mol. The average Bonchev–Trinajstić information content (AvgIpc) is 3.02. The Morgan fingerprint density at radius 1 is 1.00 bits per heavy atom. The summed E-state index contributed by atoms with van der Waals surface area (Å²) in [5.74, 6) is -0.732. The van der Waals surface area contributed by atoms with Gasteiger partial charge in [0.05, 0.1) is 4.90 Å². The minimum Gasteiger partial charge on any atom is -0.338 e. The van der Waals surface area contributed by atoms with Gasteiger partial charge in [0.15, 0.2) is 0 Å². The van der Waals surface area contributed by atoms with E-state index >= 15 is 0 Å². The van der Waals surface area contributed by atoms with Gasteiger partial charge in [0.1, 0.15) is 12.1 Å². The largest absolute Gasteiger partial charge is 0.338 e. The Balaban J connectivity index is 1.52. The van der Waals surface area contributed by atoms with E-state index in [1.807, 2.05) is 0 Å². The van der Waals surface area contributed by atoms with E-state index < -0.39 is 21.6 Å². The van der Waals surface area contributed by atoms with E-state index in [2.05, 4.69) is 12.2 Å². The number of rotatable bonds is 10. The van der Waals surface area contributed by atoms with Gasteiger partial charge in [-0.3, -0.25) is 14.5 Å². The molecule has 2 aliphatic heterocycles. The number of hydrogen-bond donors (Lipinski definition) is 1. The molecule has 3 rings (SSSR count). The second-order valence-corrected chi connectivity index (χ2v) is 10.9. The van der Waals surface area contributed by atoms with Gasteiger partial charge in [0.25, 0.3) is 5.91 Å². The molecule has 0 aliphatic carbocycles. The molecule has 2 aliphatic rings. The fraction of sp³-hybridized carbons (Fsp3) is 0.609. The van der Waals surface area contributed by atoms with Crippen LogP contribution in [0.4, 0.5) is 4.79 Å². The maximum absolute atomic E-state index is 12.9. The molecule has 33 heavy (non-hydrogen) atoms. The molecule has 0 saturated carbocycles. The minimum atomic E-state index is -3.61. The first-order valence-corrected chi connectivity index (χ1v) is 13.1. The van der Waals surface area contributed by atoms with Crippen molar-refractivity contribution in [1.82, 2.24) is 19.4 Å². The molecule has 10 heteroatoms. The Labute approximate surface area is 196 Å². The van der Waals surface area contributed by atoms with Gasteiger partial charge in [0, 0.05) is 26.2 Å². The molecule has 9 nitrogen and oxygen atoms in total. The molecule has 2 saturated heterocycles. The first kappa shape index (κ1) is 25.2. The average molecular weight is 479 g/mol. The van der Waals surface area contributed by atoms with Crippen LogP contribution in [0.1, 0.15) is 52.4 Å². The van der Waals surface area contributed by atoms with Gasteiger partial charge in [-0.1, -0.05) is 57.2 Å². The van der Waals surface area contributed by atoms with Crippen LogP contribution in [-0.2, 0) is 19.6 Å². The summed E-state index contributed by atoms with van der Waals surface area (Å²) in [5.41, 5.74) is -0.980. The number of sulfonamides is 1. The lowest BCUT2D eigenvalue weighted by atomic mass is 9.94. The highest BCUT2D eigenvalue weighted by Crippen LogP contribution is 2.24. The molecule has 0 radical (unpaired) electrons. The van der Waals surface area contributed by atoms with Crippen molar-refractivity contribution in [2.24, 2.45) is 0 Å². The van der Waals surface area contributed by atoms with Gasteiger partial charge in [-0.15, -0.1) is 0 Å². The van der Waals surface area contributed by atoms with E-state index in [-0.39, 0.29) is 49.4 Å². The maximum Gasteiger partial charge on any atom is 0.325 e. The van der Waals surface area contributed by atoms with Crippen LogP contribution in [0, 0.1) is 0 Å². The Morgan fingerprint density at radius 3 is 2.27 bits per heavy atom. The molecule has 0 spiro atoms. The highest BCUT2D eigenvalue weighted by Gasteiger charge is 2.48. The van der Waals surface area contributed by atoms with Crippen molar-refractivity contribution < 1.29 is 22.8 Å². The third-order valence-electron chi connectivity index (χ3n) is 6.39. The summed E-state index contributed by atoms with van der Waals surface area (Å²) in [4.78, 5) is 40.8. The number of carbonyl (C=O) groups is 3. The van der Waals surface area contributed by atoms with Crippen LogP contribution in [0.15, 0.2) is 35.2 Å². The highest BCUT2D eigenvalue weighted by atomic mass is 32.2. The molecular formula is C23H34N4O5S. The summed E-state index contributed by atoms with van der Waals surface area (Å²) in [7, 11) is -3.61. The molecule has 1 atom stereocenters. The van der Waals surface area contributed by atoms with E-state index in [1.54, 1.807) is 37.3 Å². The fourth-order valence-electron chi connectivity index (χ4n) is 4.30. The Kier molecular flexibility index (Phi) is 8.12. The smallest absolute Gasteiger partial charge is 0.325 e. The quantitative estimate of drug-likeness (QED) is 0.410. The SMILES string of the molecule is CCCCCCCC1(C)NC(=O)N(CC(=O)N2CCN(S(=O)(=O)c3ccccc3)CC2)C1=O. The van der Waals surface area contributed by atoms with Crippen LogP contribution < -0.4 is 5.32 Å². The number of amides is 4. The van der Waals surface area contributed by atoms with E-state index in [1.165, 1.54) is 9.21 Å². The van der Waals surface area contributed by atoms with Crippen LogP contribution in [-0.4, -0.2) is 78.6 Å². The van der Waals surface area contributed by atoms with Crippen LogP contribution in [0.3, 0.4) is 0 Å². The van der Waals surface area contributed by atoms with Crippen LogP contribution >= 0.6 is 0 Å². The molecule has 1 unspecified atom stereocenters. The van der Waals surface area contributed by atoms with Crippen LogP contribution in [0.25, 0.3) is 0 Å². The van der Waals surface area contributed by atoms with Gasteiger partial charge in [-0.05, 0) is 25.5 Å². The molecule has 1 aromatic rings. The molecule has 0 bridgehead atoms. The molecule has 2 fully saturated rings. The zero-order valence-electron chi connectivity index (χ0n) is 19.5. The number of urea groups is 1. The number of benzene rings is 1. The van der Waals surface area contributed by atoms with Crippen LogP contribution in [0.5, 0.6) is 0 Å². The number of nitrogens with zero attached hydrogens (tertiary/aromatic N) is 3. The number of nitrogens with one attached hydrogen (secondary N) is 1. The van der Waals surface area contributed by atoms with Gasteiger partial charge in [-0.25, -0.2) is 13.2 Å². The number of carbonyl (C=O) groups excluding carboxylic acids is 3. The van der Waals surface area contributed by atoms with Gasteiger partial charge in [-0.2, -0.15) is 4.31 Å². The number of unbranched alkanes of at least 4 members (excludes halogenated alkanes) is 4. The third-order valence-corrected chi connectivity index (χ3v) is 8.30. The van der Waals surface area contributed by atoms with Crippen molar-refractivity contribution >= 4 is 27.9 Å². The van der Waals surface area contributed by atoms with Crippen molar-refractivity contribution in [3.63, 3.8) is 0 Å². The predicted molar refractivity (Wildman–Crippen MR) is 124 cm³/mol. The van der Waals surface area contributed by atoms with Crippen molar-refractivity contribution in [1.29, 1.82) is 0 Å². The molecular weight excluding hydrogens is 444 g/mol. The van der Waals surface area contributed by atoms with E-state index in [4.69, 9.17) is 0 Å². The lowest BCUT2D eigenvalue weighted by Gasteiger charge is -2.34. The van der Waals surface area contributed by atoms with Crippen molar-refractivity contribution in [2.45, 2.75) is 62.8 Å². The Bertz CT molecular complexity index is 960. The van der Waals surface area contributed by atoms with Crippen molar-refractivity contribution in [3.8, 4) is 0 Å². The first-order chi connectivity index (χ1) is 15.7. The topological polar surface area (TPSA) is 107 Å². The minimum absolute atomic E-state index is 0.165. The summed E-state index contributed by atoms with van der Waals surface area (Å²) in [6.45, 7) is 4.27. The second-order valence-electron chi connectivity index (χ2n) is 8.92. The fourth-order valence-corrected chi connectivity index (χ4v) is 5.74. The lowest BCUT2D eigenvalue weighted by Crippen LogP contribution is -2.53. The zero-order chi connectivity index (χ0) is 24.1. The van der Waals surface area contributed by atoms with Crippen molar-refractivity contribution in [2.75, 3.05) is 32.7 Å². The summed E-state index contributed by atoms with van der Waals surface area (Å²) < 4.78 is 26.9. The standard InChI is InChI=1S/C23H34N4O5S/c1-3-4-5-6-10-13-23(2)21(29)27(22(30)24-23)18-20(28)25-14-16-26(17-15-25)33(31,32)19-11-8-7-9-12-19/h7-9,11-12H,3-6,10,13-18H2,1-2H3,(H,24,30). The maximum atomic E-state index is 12.9. The van der Waals surface area contributed by atoms with Gasteiger partial charge < -0.3 is 10.2 Å². The molecule has 182 valence electrons. The number of hydrogen-bond acceptors (Lipinski definition) is 5. The summed E-state index contributed by atoms with van der Waals surface area (Å²) in [6.07, 6.45) is 5.77. The normalized spacial score (nSPS) is 22.0. The third kappa shape index (κ3) is 5.73. The van der Waals surface area contributed by atoms with E-state index in [9.17, 15) is 22.8 Å². The Hall–Kier alpha value is -2.46. The highest BCUT2D eigenvalue weighted by molar-refractivity contribution is 7.89. The first-order valence-electron chi connectivity index (χ1n) is 11.7. The Morgan fingerprint density at radius 2 is 1.64 bits per heavy atom. The molecule has 0 aromatic heterocycles. The predicted octanol–water partition coefficient (Wildman–Crippen LogP) is 2.19. The molecule has 1 N–H and O–H groups in total. The van der Waals surface area contributed by atoms with E-state index in [0.29, 0.717) is 6.42 Å². The lowest BCUT2D eigenvalue weighted by molar-refractivity contribution is -0.139. The molecule has 2 heterocycles. The second kappa shape index (κ2) is 10.6. The number of piperazine rings is 1. The number of imide groups is 1. The zero-order valence-corrected chi connectivity index (χ0v) is 20.3. The summed E-state index contributed by atoms with van der Waals surface area (Å²) >= 11 is 0. The van der Waals surface area contributed by atoms with Crippen molar-refractivity contribution in [3.05, 3.63) is 30.3 Å². The van der Waals surface area contributed by atoms with E-state index in [0.717, 1.165) is 37.0 Å². The molecule has 1 aromatic carbocycles. The summed E-state index contributed by atoms with van der Waals surface area (Å²) in [5, 5.41) is 2.75. The molecule has 4 amide bonds. The van der Waals surface area contributed by atoms with Crippen LogP contribution in [0.2, 0.25) is 0 Å². The summed E-state index contributed by atoms with van der Waals surface area (Å²) in [6, 6.07) is 7.64.